The highest BCUT2D eigenvalue weighted by Gasteiger charge is 2.19. The minimum Gasteiger partial charge on any atom is -0.495 e. The fourth-order valence-electron chi connectivity index (χ4n) is 2.44. The van der Waals surface area contributed by atoms with Crippen molar-refractivity contribution in [1.82, 2.24) is 0 Å². The van der Waals surface area contributed by atoms with Crippen LogP contribution in [-0.4, -0.2) is 34.2 Å². The fourth-order valence-corrected chi connectivity index (χ4v) is 4.01. The van der Waals surface area contributed by atoms with Gasteiger partial charge in [0.05, 0.1) is 24.1 Å². The zero-order valence-electron chi connectivity index (χ0n) is 14.9. The van der Waals surface area contributed by atoms with Crippen LogP contribution in [-0.2, 0) is 14.8 Å². The third-order valence-electron chi connectivity index (χ3n) is 3.72. The van der Waals surface area contributed by atoms with Crippen LogP contribution in [0.1, 0.15) is 12.8 Å². The number of nitrogens with zero attached hydrogens (tertiary/aromatic N) is 1. The molecule has 1 N–H and O–H groups in total. The molecule has 9 heteroatoms. The number of hydrogen-bond acceptors (Lipinski definition) is 4. The summed E-state index contributed by atoms with van der Waals surface area (Å²) in [5.41, 5.74) is 1.14. The van der Waals surface area contributed by atoms with Crippen molar-refractivity contribution < 1.29 is 17.9 Å². The molecule has 0 atom stereocenters. The number of rotatable bonds is 8. The summed E-state index contributed by atoms with van der Waals surface area (Å²) in [4.78, 5) is 12.1. The van der Waals surface area contributed by atoms with E-state index < -0.39 is 10.0 Å². The molecule has 0 aromatic heterocycles. The molecule has 1 amide bonds. The topological polar surface area (TPSA) is 75.7 Å². The van der Waals surface area contributed by atoms with Crippen molar-refractivity contribution in [2.24, 2.45) is 0 Å². The molecule has 6 nitrogen and oxygen atoms in total. The molecule has 2 rings (SSSR count). The van der Waals surface area contributed by atoms with E-state index in [2.05, 4.69) is 27.9 Å². The Morgan fingerprint density at radius 3 is 2.44 bits per heavy atom. The number of amides is 1. The average Bonchev–Trinajstić information content (AvgIpc) is 2.59. The number of carbonyl (C=O) groups excluding carboxylic acids is 1. The van der Waals surface area contributed by atoms with Crippen LogP contribution in [0.2, 0.25) is 5.02 Å². The predicted molar refractivity (Wildman–Crippen MR) is 117 cm³/mol. The molecule has 0 aliphatic carbocycles. The van der Waals surface area contributed by atoms with E-state index in [1.807, 2.05) is 24.3 Å². The zero-order chi connectivity index (χ0) is 20.0. The van der Waals surface area contributed by atoms with Gasteiger partial charge in [-0.05, 0) is 71.5 Å². The van der Waals surface area contributed by atoms with Crippen molar-refractivity contribution >= 4 is 61.5 Å². The van der Waals surface area contributed by atoms with Gasteiger partial charge in [0.2, 0.25) is 15.9 Å². The maximum atomic E-state index is 12.1. The van der Waals surface area contributed by atoms with Gasteiger partial charge in [-0.3, -0.25) is 9.10 Å². The van der Waals surface area contributed by atoms with E-state index in [1.54, 1.807) is 12.1 Å². The van der Waals surface area contributed by atoms with Crippen molar-refractivity contribution in [2.45, 2.75) is 12.8 Å². The highest BCUT2D eigenvalue weighted by molar-refractivity contribution is 14.1. The molecule has 146 valence electrons. The summed E-state index contributed by atoms with van der Waals surface area (Å²) in [5, 5.41) is 3.12. The molecule has 2 aromatic carbocycles. The van der Waals surface area contributed by atoms with Gasteiger partial charge in [0.1, 0.15) is 5.75 Å². The lowest BCUT2D eigenvalue weighted by Crippen LogP contribution is -2.31. The number of anilines is 2. The monoisotopic (exact) mass is 522 g/mol. The number of sulfonamides is 1. The number of hydrogen-bond donors (Lipinski definition) is 1. The van der Waals surface area contributed by atoms with Crippen molar-refractivity contribution in [2.75, 3.05) is 29.5 Å². The lowest BCUT2D eigenvalue weighted by molar-refractivity contribution is -0.116. The SMILES string of the molecule is COc1ccc(N(CCCC(=O)Nc2ccc(I)cc2)S(C)(=O)=O)cc1Cl. The summed E-state index contributed by atoms with van der Waals surface area (Å²) < 4.78 is 31.7. The van der Waals surface area contributed by atoms with Crippen LogP contribution in [0.3, 0.4) is 0 Å². The summed E-state index contributed by atoms with van der Waals surface area (Å²) in [6.07, 6.45) is 1.69. The van der Waals surface area contributed by atoms with Gasteiger partial charge in [-0.1, -0.05) is 11.6 Å². The minimum absolute atomic E-state index is 0.168. The Morgan fingerprint density at radius 2 is 1.89 bits per heavy atom. The van der Waals surface area contributed by atoms with E-state index in [4.69, 9.17) is 16.3 Å². The first-order valence-electron chi connectivity index (χ1n) is 8.07. The van der Waals surface area contributed by atoms with Gasteiger partial charge in [-0.25, -0.2) is 8.42 Å². The second-order valence-electron chi connectivity index (χ2n) is 5.81. The molecule has 0 radical (unpaired) electrons. The lowest BCUT2D eigenvalue weighted by atomic mass is 10.2. The van der Waals surface area contributed by atoms with Crippen molar-refractivity contribution in [3.05, 3.63) is 51.1 Å². The van der Waals surface area contributed by atoms with Crippen molar-refractivity contribution in [3.63, 3.8) is 0 Å². The van der Waals surface area contributed by atoms with Gasteiger partial charge in [-0.2, -0.15) is 0 Å². The van der Waals surface area contributed by atoms with Crippen LogP contribution in [0.25, 0.3) is 0 Å². The van der Waals surface area contributed by atoms with Gasteiger partial charge in [0, 0.05) is 22.2 Å². The molecule has 27 heavy (non-hydrogen) atoms. The highest BCUT2D eigenvalue weighted by atomic mass is 127. The fraction of sp³-hybridized carbons (Fsp3) is 0.278. The minimum atomic E-state index is -3.51. The third kappa shape index (κ3) is 6.54. The van der Waals surface area contributed by atoms with Gasteiger partial charge >= 0.3 is 0 Å². The van der Waals surface area contributed by atoms with Crippen LogP contribution in [0.15, 0.2) is 42.5 Å². The van der Waals surface area contributed by atoms with Gasteiger partial charge < -0.3 is 10.1 Å². The first-order valence-corrected chi connectivity index (χ1v) is 11.4. The molecule has 2 aromatic rings. The first-order chi connectivity index (χ1) is 12.7. The largest absolute Gasteiger partial charge is 0.495 e. The highest BCUT2D eigenvalue weighted by Crippen LogP contribution is 2.30. The molecule has 0 unspecified atom stereocenters. The number of ether oxygens (including phenoxy) is 1. The molecule has 0 spiro atoms. The summed E-state index contributed by atoms with van der Waals surface area (Å²) in [6.45, 7) is 0.168. The molecule has 0 saturated heterocycles. The van der Waals surface area contributed by atoms with E-state index in [0.29, 0.717) is 28.6 Å². The van der Waals surface area contributed by atoms with Crippen LogP contribution in [0.4, 0.5) is 11.4 Å². The predicted octanol–water partition coefficient (Wildman–Crippen LogP) is 4.14. The van der Waals surface area contributed by atoms with E-state index in [1.165, 1.54) is 17.5 Å². The average molecular weight is 523 g/mol. The van der Waals surface area contributed by atoms with Crippen LogP contribution in [0, 0.1) is 3.57 Å². The summed E-state index contributed by atoms with van der Waals surface area (Å²) in [7, 11) is -2.03. The van der Waals surface area contributed by atoms with Gasteiger partial charge in [0.15, 0.2) is 0 Å². The Balaban J connectivity index is 2.00. The Labute approximate surface area is 178 Å². The molecule has 0 aliphatic rings. The third-order valence-corrected chi connectivity index (χ3v) is 5.93. The van der Waals surface area contributed by atoms with Crippen LogP contribution in [0.5, 0.6) is 5.75 Å². The Kier molecular flexibility index (Phi) is 7.75. The number of carbonyl (C=O) groups is 1. The molecule has 0 aliphatic heterocycles. The summed E-state index contributed by atoms with van der Waals surface area (Å²) in [6, 6.07) is 12.2. The van der Waals surface area contributed by atoms with E-state index >= 15 is 0 Å². The maximum Gasteiger partial charge on any atom is 0.232 e. The Hall–Kier alpha value is -1.52. The standard InChI is InChI=1S/C18H20ClIN2O4S/c1-26-17-10-9-15(12-16(17)19)22(27(2,24)25)11-3-4-18(23)21-14-7-5-13(20)6-8-14/h5-10,12H,3-4,11H2,1-2H3,(H,21,23). The number of benzene rings is 2. The molecular formula is C18H20ClIN2O4S. The molecular weight excluding hydrogens is 503 g/mol. The maximum absolute atomic E-state index is 12.1. The molecule has 0 saturated carbocycles. The van der Waals surface area contributed by atoms with Crippen molar-refractivity contribution in [3.8, 4) is 5.75 Å². The smallest absolute Gasteiger partial charge is 0.232 e. The number of halogens is 2. The quantitative estimate of drug-likeness (QED) is 0.529. The summed E-state index contributed by atoms with van der Waals surface area (Å²) in [5.74, 6) is 0.295. The summed E-state index contributed by atoms with van der Waals surface area (Å²) >= 11 is 8.29. The Bertz CT molecular complexity index is 904. The first kappa shape index (κ1) is 21.8. The molecule has 0 heterocycles. The van der Waals surface area contributed by atoms with Gasteiger partial charge in [-0.15, -0.1) is 0 Å². The number of nitrogens with one attached hydrogen (secondary N) is 1. The normalized spacial score (nSPS) is 11.1. The van der Waals surface area contributed by atoms with Crippen molar-refractivity contribution in [1.29, 1.82) is 0 Å². The van der Waals surface area contributed by atoms with Crippen LogP contribution >= 0.6 is 34.2 Å². The zero-order valence-corrected chi connectivity index (χ0v) is 18.6. The molecule has 0 fully saturated rings. The van der Waals surface area contributed by atoms with E-state index in [-0.39, 0.29) is 18.9 Å². The second kappa shape index (κ2) is 9.61. The lowest BCUT2D eigenvalue weighted by Gasteiger charge is -2.23. The van der Waals surface area contributed by atoms with E-state index in [9.17, 15) is 13.2 Å². The second-order valence-corrected chi connectivity index (χ2v) is 9.37. The number of methoxy groups -OCH3 is 1. The van der Waals surface area contributed by atoms with E-state index in [0.717, 1.165) is 9.83 Å². The molecule has 0 bridgehead atoms. The Morgan fingerprint density at radius 1 is 1.22 bits per heavy atom. The van der Waals surface area contributed by atoms with Gasteiger partial charge in [0.25, 0.3) is 0 Å². The van der Waals surface area contributed by atoms with Crippen LogP contribution < -0.4 is 14.4 Å².